The summed E-state index contributed by atoms with van der Waals surface area (Å²) in [4.78, 5) is 0.157. The predicted molar refractivity (Wildman–Crippen MR) is 102 cm³/mol. The molecule has 1 aliphatic heterocycles. The SMILES string of the molecule is C=C[C@@H](CCC)N(P1(=O)N(C)CCN1C)S(=O)(=O)c1ccc(C)cc1. The van der Waals surface area contributed by atoms with Gasteiger partial charge in [0.05, 0.1) is 10.9 Å². The normalized spacial score (nSPS) is 20.0. The van der Waals surface area contributed by atoms with E-state index in [1.807, 2.05) is 13.8 Å². The number of hydrogen-bond acceptors (Lipinski definition) is 3. The Balaban J connectivity index is 2.64. The van der Waals surface area contributed by atoms with Crippen molar-refractivity contribution >= 4 is 17.6 Å². The summed E-state index contributed by atoms with van der Waals surface area (Å²) in [5.41, 5.74) is 0.973. The number of aryl methyl sites for hydroxylation is 1. The summed E-state index contributed by atoms with van der Waals surface area (Å²) in [6.45, 7) is 8.81. The molecule has 1 aromatic carbocycles. The van der Waals surface area contributed by atoms with Crippen molar-refractivity contribution in [3.8, 4) is 0 Å². The topological polar surface area (TPSA) is 60.9 Å². The third-order valence-corrected chi connectivity index (χ3v) is 10.5. The van der Waals surface area contributed by atoms with Crippen LogP contribution in [-0.4, -0.2) is 55.1 Å². The van der Waals surface area contributed by atoms with Gasteiger partial charge in [0, 0.05) is 13.1 Å². The van der Waals surface area contributed by atoms with Gasteiger partial charge in [-0.1, -0.05) is 37.1 Å². The van der Waals surface area contributed by atoms with Gasteiger partial charge < -0.3 is 0 Å². The van der Waals surface area contributed by atoms with Crippen LogP contribution in [0.5, 0.6) is 0 Å². The summed E-state index contributed by atoms with van der Waals surface area (Å²) in [7, 11) is -3.93. The zero-order chi connectivity index (χ0) is 18.8. The van der Waals surface area contributed by atoms with E-state index in [1.165, 1.54) is 4.08 Å². The second-order valence-electron chi connectivity index (χ2n) is 6.46. The molecule has 0 aromatic heterocycles. The van der Waals surface area contributed by atoms with Crippen molar-refractivity contribution in [3.63, 3.8) is 0 Å². The third kappa shape index (κ3) is 3.62. The third-order valence-electron chi connectivity index (χ3n) is 4.60. The van der Waals surface area contributed by atoms with Crippen LogP contribution in [0, 0.1) is 6.92 Å². The Bertz CT molecular complexity index is 750. The van der Waals surface area contributed by atoms with E-state index in [1.54, 1.807) is 53.8 Å². The van der Waals surface area contributed by atoms with Gasteiger partial charge in [0.25, 0.3) is 10.0 Å². The molecule has 0 radical (unpaired) electrons. The first-order valence-corrected chi connectivity index (χ1v) is 11.5. The van der Waals surface area contributed by atoms with Crippen molar-refractivity contribution in [1.29, 1.82) is 0 Å². The van der Waals surface area contributed by atoms with E-state index in [9.17, 15) is 13.0 Å². The number of likely N-dealkylation sites (N-methyl/N-ethyl adjacent to an activating group) is 2. The predicted octanol–water partition coefficient (Wildman–Crippen LogP) is 3.33. The molecule has 6 nitrogen and oxygen atoms in total. The van der Waals surface area contributed by atoms with Crippen molar-refractivity contribution in [2.45, 2.75) is 37.6 Å². The smallest absolute Gasteiger partial charge is 0.269 e. The number of nitrogens with zero attached hydrogens (tertiary/aromatic N) is 3. The van der Waals surface area contributed by atoms with Gasteiger partial charge in [-0.3, -0.25) is 4.57 Å². The van der Waals surface area contributed by atoms with Crippen LogP contribution in [0.1, 0.15) is 25.3 Å². The average Bonchev–Trinajstić information content (AvgIpc) is 2.82. The molecule has 1 saturated heterocycles. The second kappa shape index (κ2) is 7.72. The molecule has 140 valence electrons. The van der Waals surface area contributed by atoms with Gasteiger partial charge in [0.1, 0.15) is 0 Å². The summed E-state index contributed by atoms with van der Waals surface area (Å²) in [5, 5.41) is 0. The molecular weight excluding hydrogens is 357 g/mol. The molecule has 0 bridgehead atoms. The highest BCUT2D eigenvalue weighted by atomic mass is 32.2. The van der Waals surface area contributed by atoms with Crippen LogP contribution >= 0.6 is 7.59 Å². The van der Waals surface area contributed by atoms with E-state index in [2.05, 4.69) is 6.58 Å². The Morgan fingerprint density at radius 2 is 1.76 bits per heavy atom. The van der Waals surface area contributed by atoms with Gasteiger partial charge >= 0.3 is 7.59 Å². The van der Waals surface area contributed by atoms with Gasteiger partial charge in [0.15, 0.2) is 0 Å². The van der Waals surface area contributed by atoms with E-state index in [0.717, 1.165) is 12.0 Å². The minimum Gasteiger partial charge on any atom is -0.269 e. The molecule has 1 fully saturated rings. The van der Waals surface area contributed by atoms with Gasteiger partial charge in [-0.2, -0.15) is 0 Å². The molecule has 0 aliphatic carbocycles. The number of rotatable bonds is 7. The quantitative estimate of drug-likeness (QED) is 0.532. The van der Waals surface area contributed by atoms with Crippen molar-refractivity contribution in [3.05, 3.63) is 42.5 Å². The summed E-state index contributed by atoms with van der Waals surface area (Å²) >= 11 is 0. The maximum absolute atomic E-state index is 13.9. The van der Waals surface area contributed by atoms with Crippen LogP contribution in [0.25, 0.3) is 0 Å². The molecule has 0 amide bonds. The van der Waals surface area contributed by atoms with E-state index in [4.69, 9.17) is 0 Å². The van der Waals surface area contributed by atoms with Gasteiger partial charge in [0.2, 0.25) is 0 Å². The lowest BCUT2D eigenvalue weighted by Gasteiger charge is -2.38. The highest BCUT2D eigenvalue weighted by Crippen LogP contribution is 2.61. The summed E-state index contributed by atoms with van der Waals surface area (Å²) in [6, 6.07) is 6.14. The zero-order valence-corrected chi connectivity index (χ0v) is 17.1. The minimum atomic E-state index is -3.94. The molecule has 25 heavy (non-hydrogen) atoms. The van der Waals surface area contributed by atoms with Crippen molar-refractivity contribution in [2.24, 2.45) is 0 Å². The fourth-order valence-corrected chi connectivity index (χ4v) is 8.87. The summed E-state index contributed by atoms with van der Waals surface area (Å²) < 4.78 is 45.3. The molecule has 1 heterocycles. The van der Waals surface area contributed by atoms with Gasteiger partial charge in [-0.25, -0.2) is 17.8 Å². The average molecular weight is 385 g/mol. The number of sulfonamides is 1. The lowest BCUT2D eigenvalue weighted by molar-refractivity contribution is 0.385. The lowest BCUT2D eigenvalue weighted by Crippen LogP contribution is -2.41. The van der Waals surface area contributed by atoms with E-state index in [0.29, 0.717) is 19.5 Å². The van der Waals surface area contributed by atoms with Gasteiger partial charge in [-0.15, -0.1) is 10.7 Å². The first kappa shape index (κ1) is 20.3. The van der Waals surface area contributed by atoms with Crippen molar-refractivity contribution in [1.82, 2.24) is 13.4 Å². The Kier molecular flexibility index (Phi) is 6.28. The van der Waals surface area contributed by atoms with E-state index < -0.39 is 23.7 Å². The monoisotopic (exact) mass is 385 g/mol. The highest BCUT2D eigenvalue weighted by Gasteiger charge is 2.51. The molecule has 0 spiro atoms. The van der Waals surface area contributed by atoms with Crippen LogP contribution in [0.2, 0.25) is 0 Å². The molecule has 0 N–H and O–H groups in total. The van der Waals surface area contributed by atoms with E-state index >= 15 is 0 Å². The van der Waals surface area contributed by atoms with Crippen molar-refractivity contribution in [2.75, 3.05) is 27.2 Å². The Hall–Kier alpha value is -0.980. The molecule has 1 aromatic rings. The molecule has 0 saturated carbocycles. The maximum atomic E-state index is 13.9. The Labute approximate surface area is 151 Å². The second-order valence-corrected chi connectivity index (χ2v) is 11.4. The highest BCUT2D eigenvalue weighted by molar-refractivity contribution is 7.94. The summed E-state index contributed by atoms with van der Waals surface area (Å²) in [5.74, 6) is 0. The Morgan fingerprint density at radius 3 is 2.20 bits per heavy atom. The first-order chi connectivity index (χ1) is 11.7. The minimum absolute atomic E-state index is 0.157. The maximum Gasteiger partial charge on any atom is 0.300 e. The van der Waals surface area contributed by atoms with Crippen LogP contribution in [0.3, 0.4) is 0 Å². The summed E-state index contributed by atoms with van der Waals surface area (Å²) in [6.07, 6.45) is 2.93. The lowest BCUT2D eigenvalue weighted by atomic mass is 10.2. The first-order valence-electron chi connectivity index (χ1n) is 8.47. The number of hydrogen-bond donors (Lipinski definition) is 0. The van der Waals surface area contributed by atoms with Crippen LogP contribution in [0.15, 0.2) is 41.8 Å². The van der Waals surface area contributed by atoms with Crippen molar-refractivity contribution < 1.29 is 13.0 Å². The fourth-order valence-electron chi connectivity index (χ4n) is 3.06. The van der Waals surface area contributed by atoms with Crippen LogP contribution < -0.4 is 0 Å². The van der Waals surface area contributed by atoms with E-state index in [-0.39, 0.29) is 4.90 Å². The molecule has 1 atom stereocenters. The standard InChI is InChI=1S/C17H28N3O3PS/c1-6-8-16(7-2)20(24(21)18(4)13-14-19(24)5)25(22,23)17-11-9-15(3)10-12-17/h7,9-12,16H,2,6,8,13-14H2,1,3-5H3/t16-/m0/s1. The molecular formula is C17H28N3O3PS. The molecule has 2 rings (SSSR count). The number of benzene rings is 1. The van der Waals surface area contributed by atoms with Gasteiger partial charge in [-0.05, 0) is 39.6 Å². The zero-order valence-electron chi connectivity index (χ0n) is 15.4. The van der Waals surface area contributed by atoms with Crippen LogP contribution in [0.4, 0.5) is 0 Å². The Morgan fingerprint density at radius 1 is 1.24 bits per heavy atom. The molecule has 1 aliphatic rings. The largest absolute Gasteiger partial charge is 0.300 e. The molecule has 8 heteroatoms. The molecule has 0 unspecified atom stereocenters. The fraction of sp³-hybridized carbons (Fsp3) is 0.529. The van der Waals surface area contributed by atoms with Crippen LogP contribution in [-0.2, 0) is 14.6 Å².